The molecule has 1 amide bonds. The lowest BCUT2D eigenvalue weighted by Crippen LogP contribution is -2.30. The zero-order chi connectivity index (χ0) is 17.8. The first kappa shape index (κ1) is 17.3. The summed E-state index contributed by atoms with van der Waals surface area (Å²) in [5.41, 5.74) is 0.562. The van der Waals surface area contributed by atoms with E-state index in [9.17, 15) is 4.79 Å². The van der Waals surface area contributed by atoms with Gasteiger partial charge in [0.05, 0.1) is 16.9 Å². The van der Waals surface area contributed by atoms with Crippen molar-refractivity contribution in [2.24, 2.45) is 0 Å². The minimum atomic E-state index is -0.744. The van der Waals surface area contributed by atoms with Gasteiger partial charge in [-0.3, -0.25) is 9.36 Å². The zero-order valence-corrected chi connectivity index (χ0v) is 14.7. The van der Waals surface area contributed by atoms with Crippen molar-refractivity contribution < 1.29 is 9.53 Å². The third-order valence-electron chi connectivity index (χ3n) is 3.35. The molecule has 6 nitrogen and oxygen atoms in total. The van der Waals surface area contributed by atoms with E-state index < -0.39 is 6.10 Å². The van der Waals surface area contributed by atoms with Gasteiger partial charge in [-0.05, 0) is 37.3 Å². The van der Waals surface area contributed by atoms with E-state index in [1.165, 1.54) is 0 Å². The molecule has 0 spiro atoms. The van der Waals surface area contributed by atoms with Crippen LogP contribution in [0.15, 0.2) is 55.2 Å². The average molecular weight is 377 g/mol. The van der Waals surface area contributed by atoms with Crippen molar-refractivity contribution in [3.05, 3.63) is 65.3 Å². The molecule has 0 saturated heterocycles. The van der Waals surface area contributed by atoms with Crippen LogP contribution in [0, 0.1) is 0 Å². The molecule has 1 unspecified atom stereocenters. The minimum Gasteiger partial charge on any atom is -0.479 e. The Hall–Kier alpha value is -2.57. The molecule has 1 N–H and O–H groups in total. The topological polar surface area (TPSA) is 69.0 Å². The highest BCUT2D eigenvalue weighted by atomic mass is 35.5. The highest BCUT2D eigenvalue weighted by Crippen LogP contribution is 2.28. The summed E-state index contributed by atoms with van der Waals surface area (Å²) in [6.45, 7) is 1.63. The summed E-state index contributed by atoms with van der Waals surface area (Å²) >= 11 is 11.9. The molecule has 25 heavy (non-hydrogen) atoms. The number of rotatable bonds is 5. The quantitative estimate of drug-likeness (QED) is 0.730. The second kappa shape index (κ2) is 7.55. The molecule has 3 rings (SSSR count). The third-order valence-corrected chi connectivity index (χ3v) is 3.88. The molecule has 0 bridgehead atoms. The molecule has 8 heteroatoms. The van der Waals surface area contributed by atoms with Gasteiger partial charge in [-0.2, -0.15) is 0 Å². The smallest absolute Gasteiger partial charge is 0.265 e. The summed E-state index contributed by atoms with van der Waals surface area (Å²) in [5, 5.41) is 3.59. The van der Waals surface area contributed by atoms with Crippen molar-refractivity contribution in [2.45, 2.75) is 13.0 Å². The molecule has 0 radical (unpaired) electrons. The molecule has 3 aromatic rings. The fraction of sp³-hybridized carbons (Fsp3) is 0.118. The fourth-order valence-electron chi connectivity index (χ4n) is 2.07. The van der Waals surface area contributed by atoms with Gasteiger partial charge in [0.1, 0.15) is 17.9 Å². The predicted molar refractivity (Wildman–Crippen MR) is 96.5 cm³/mol. The van der Waals surface area contributed by atoms with Crippen LogP contribution in [0.2, 0.25) is 10.0 Å². The van der Waals surface area contributed by atoms with Crippen molar-refractivity contribution in [1.29, 1.82) is 0 Å². The Balaban J connectivity index is 1.63. The largest absolute Gasteiger partial charge is 0.479 e. The second-order valence-corrected chi connectivity index (χ2v) is 6.04. The molecule has 0 aliphatic rings. The summed E-state index contributed by atoms with van der Waals surface area (Å²) in [7, 11) is 0. The lowest BCUT2D eigenvalue weighted by Gasteiger charge is -2.15. The maximum Gasteiger partial charge on any atom is 0.265 e. The minimum absolute atomic E-state index is 0.316. The highest BCUT2D eigenvalue weighted by Gasteiger charge is 2.16. The number of pyridine rings is 1. The summed E-state index contributed by atoms with van der Waals surface area (Å²) in [6, 6.07) is 8.35. The SMILES string of the molecule is CC(Oc1ccc(Cl)cc1Cl)C(=O)Nc1ccc(-n2ccnc2)nc1. The van der Waals surface area contributed by atoms with Gasteiger partial charge in [0, 0.05) is 17.4 Å². The van der Waals surface area contributed by atoms with E-state index in [0.717, 1.165) is 0 Å². The van der Waals surface area contributed by atoms with Gasteiger partial charge in [0.15, 0.2) is 6.10 Å². The molecule has 1 aromatic carbocycles. The van der Waals surface area contributed by atoms with Gasteiger partial charge in [-0.15, -0.1) is 0 Å². The number of hydrogen-bond acceptors (Lipinski definition) is 4. The van der Waals surface area contributed by atoms with E-state index in [1.807, 2.05) is 0 Å². The molecule has 0 aliphatic heterocycles. The van der Waals surface area contributed by atoms with E-state index in [0.29, 0.717) is 27.3 Å². The number of imidazole rings is 1. The van der Waals surface area contributed by atoms with Gasteiger partial charge in [-0.25, -0.2) is 9.97 Å². The van der Waals surface area contributed by atoms with Gasteiger partial charge in [0.25, 0.3) is 5.91 Å². The summed E-state index contributed by atoms with van der Waals surface area (Å²) in [5.74, 6) is 0.776. The number of benzene rings is 1. The van der Waals surface area contributed by atoms with Crippen molar-refractivity contribution in [3.63, 3.8) is 0 Å². The average Bonchev–Trinajstić information content (AvgIpc) is 3.12. The van der Waals surface area contributed by atoms with E-state index >= 15 is 0 Å². The number of nitrogens with zero attached hydrogens (tertiary/aromatic N) is 3. The lowest BCUT2D eigenvalue weighted by molar-refractivity contribution is -0.122. The first-order valence-corrected chi connectivity index (χ1v) is 8.15. The molecular formula is C17H14Cl2N4O2. The van der Waals surface area contributed by atoms with Crippen molar-refractivity contribution in [2.75, 3.05) is 5.32 Å². The van der Waals surface area contributed by atoms with Crippen LogP contribution in [-0.2, 0) is 4.79 Å². The van der Waals surface area contributed by atoms with Gasteiger partial charge < -0.3 is 10.1 Å². The van der Waals surface area contributed by atoms with Crippen LogP contribution in [0.3, 0.4) is 0 Å². The number of hydrogen-bond donors (Lipinski definition) is 1. The first-order chi connectivity index (χ1) is 12.0. The van der Waals surface area contributed by atoms with Crippen molar-refractivity contribution >= 4 is 34.8 Å². The van der Waals surface area contributed by atoms with E-state index in [2.05, 4.69) is 15.3 Å². The number of ether oxygens (including phenoxy) is 1. The summed E-state index contributed by atoms with van der Waals surface area (Å²) in [6.07, 6.45) is 5.92. The second-order valence-electron chi connectivity index (χ2n) is 5.20. The Morgan fingerprint density at radius 1 is 1.28 bits per heavy atom. The predicted octanol–water partition coefficient (Wildman–Crippen LogP) is 3.98. The summed E-state index contributed by atoms with van der Waals surface area (Å²) < 4.78 is 7.35. The van der Waals surface area contributed by atoms with Crippen LogP contribution < -0.4 is 10.1 Å². The maximum absolute atomic E-state index is 12.3. The van der Waals surface area contributed by atoms with Gasteiger partial charge in [-0.1, -0.05) is 23.2 Å². The van der Waals surface area contributed by atoms with E-state index in [1.54, 1.807) is 66.7 Å². The standard InChI is InChI=1S/C17H14Cl2N4O2/c1-11(25-15-4-2-12(18)8-14(15)19)17(24)22-13-3-5-16(21-9-13)23-7-6-20-10-23/h2-11H,1H3,(H,22,24). The maximum atomic E-state index is 12.3. The normalized spacial score (nSPS) is 11.8. The lowest BCUT2D eigenvalue weighted by atomic mass is 10.3. The molecule has 0 saturated carbocycles. The molecule has 2 heterocycles. The van der Waals surface area contributed by atoms with Crippen LogP contribution >= 0.6 is 23.2 Å². The third kappa shape index (κ3) is 4.29. The molecule has 0 aliphatic carbocycles. The molecule has 128 valence electrons. The number of nitrogens with one attached hydrogen (secondary N) is 1. The van der Waals surface area contributed by atoms with Crippen molar-refractivity contribution in [3.8, 4) is 11.6 Å². The zero-order valence-electron chi connectivity index (χ0n) is 13.2. The highest BCUT2D eigenvalue weighted by molar-refractivity contribution is 6.35. The Labute approximate surface area is 154 Å². The number of carbonyl (C=O) groups excluding carboxylic acids is 1. The Kier molecular flexibility index (Phi) is 5.21. The molecular weight excluding hydrogens is 363 g/mol. The fourth-order valence-corrected chi connectivity index (χ4v) is 2.52. The number of halogens is 2. The summed E-state index contributed by atoms with van der Waals surface area (Å²) in [4.78, 5) is 20.5. The Morgan fingerprint density at radius 3 is 2.76 bits per heavy atom. The molecule has 1 atom stereocenters. The Morgan fingerprint density at radius 2 is 2.12 bits per heavy atom. The first-order valence-electron chi connectivity index (χ1n) is 7.40. The Bertz CT molecular complexity index is 867. The van der Waals surface area contributed by atoms with Crippen molar-refractivity contribution in [1.82, 2.24) is 14.5 Å². The number of amides is 1. The molecule has 0 fully saturated rings. The number of carbonyl (C=O) groups is 1. The van der Waals surface area contributed by atoms with Crippen LogP contribution in [0.5, 0.6) is 5.75 Å². The number of anilines is 1. The molecule has 2 aromatic heterocycles. The van der Waals surface area contributed by atoms with E-state index in [4.69, 9.17) is 27.9 Å². The van der Waals surface area contributed by atoms with Crippen LogP contribution in [-0.4, -0.2) is 26.5 Å². The van der Waals surface area contributed by atoms with Gasteiger partial charge in [0.2, 0.25) is 0 Å². The monoisotopic (exact) mass is 376 g/mol. The van der Waals surface area contributed by atoms with Gasteiger partial charge >= 0.3 is 0 Å². The van der Waals surface area contributed by atoms with Crippen LogP contribution in [0.1, 0.15) is 6.92 Å². The van der Waals surface area contributed by atoms with Crippen LogP contribution in [0.4, 0.5) is 5.69 Å². The number of aromatic nitrogens is 3. The van der Waals surface area contributed by atoms with E-state index in [-0.39, 0.29) is 5.91 Å². The van der Waals surface area contributed by atoms with Crippen LogP contribution in [0.25, 0.3) is 5.82 Å².